The molecule has 0 saturated carbocycles. The number of fused-ring (bicyclic) bond motifs is 11. The monoisotopic (exact) mass is 804 g/mol. The normalized spacial score (nSPS) is 11.9. The molecule has 10 aromatic carbocycles. The van der Waals surface area contributed by atoms with Gasteiger partial charge in [0.2, 0.25) is 0 Å². The van der Waals surface area contributed by atoms with Crippen LogP contribution in [0.1, 0.15) is 5.56 Å². The molecular formula is C59H40N4. The minimum atomic E-state index is 1.11. The van der Waals surface area contributed by atoms with Crippen molar-refractivity contribution in [1.82, 2.24) is 13.7 Å². The summed E-state index contributed by atoms with van der Waals surface area (Å²) in [6.45, 7) is 2.24. The van der Waals surface area contributed by atoms with Crippen molar-refractivity contribution in [1.29, 1.82) is 0 Å². The Kier molecular flexibility index (Phi) is 7.79. The van der Waals surface area contributed by atoms with Crippen LogP contribution in [-0.4, -0.2) is 13.7 Å². The lowest BCUT2D eigenvalue weighted by molar-refractivity contribution is 1.16. The summed E-state index contributed by atoms with van der Waals surface area (Å²) in [5, 5.41) is 9.85. The highest BCUT2D eigenvalue weighted by atomic mass is 15.2. The standard InChI is InChI=1S/C59H40N4/c1-39-29-34-50-48-24-12-15-27-53(48)63(44-21-9-4-10-22-44)59(50)57(39)60(42-17-5-2-6-18-42)45-32-30-41-38-46(33-31-40(41)37-45)61-54-28-16-13-25-51(54)56-55(61)36-35-49-47-23-11-14-26-52(47)62(58(49)56)43-19-7-3-8-20-43/h2-38H,1H3. The van der Waals surface area contributed by atoms with E-state index >= 15 is 0 Å². The Balaban J connectivity index is 1.02. The first-order valence-electron chi connectivity index (χ1n) is 21.7. The van der Waals surface area contributed by atoms with E-state index in [4.69, 9.17) is 0 Å². The second kappa shape index (κ2) is 13.8. The zero-order valence-corrected chi connectivity index (χ0v) is 34.7. The van der Waals surface area contributed by atoms with Crippen molar-refractivity contribution in [2.24, 2.45) is 0 Å². The van der Waals surface area contributed by atoms with Gasteiger partial charge in [0, 0.05) is 60.8 Å². The molecule has 3 heterocycles. The highest BCUT2D eigenvalue weighted by Gasteiger charge is 2.24. The van der Waals surface area contributed by atoms with Crippen LogP contribution in [0.2, 0.25) is 0 Å². The number of para-hydroxylation sites is 6. The van der Waals surface area contributed by atoms with Gasteiger partial charge in [0.05, 0.1) is 38.8 Å². The van der Waals surface area contributed by atoms with Gasteiger partial charge in [-0.3, -0.25) is 0 Å². The molecule has 0 N–H and O–H groups in total. The van der Waals surface area contributed by atoms with E-state index in [9.17, 15) is 0 Å². The van der Waals surface area contributed by atoms with Gasteiger partial charge in [0.15, 0.2) is 0 Å². The van der Waals surface area contributed by atoms with E-state index in [2.05, 4.69) is 250 Å². The molecule has 13 rings (SSSR count). The predicted octanol–water partition coefficient (Wildman–Crippen LogP) is 15.9. The van der Waals surface area contributed by atoms with E-state index in [0.717, 1.165) is 28.4 Å². The van der Waals surface area contributed by atoms with Crippen molar-refractivity contribution < 1.29 is 0 Å². The third-order valence-corrected chi connectivity index (χ3v) is 13.1. The smallest absolute Gasteiger partial charge is 0.0785 e. The van der Waals surface area contributed by atoms with E-state index in [-0.39, 0.29) is 0 Å². The molecule has 296 valence electrons. The molecule has 0 aliphatic heterocycles. The van der Waals surface area contributed by atoms with Crippen molar-refractivity contribution >= 4 is 93.3 Å². The second-order valence-electron chi connectivity index (χ2n) is 16.6. The summed E-state index contributed by atoms with van der Waals surface area (Å²) in [4.78, 5) is 2.45. The SMILES string of the molecule is Cc1ccc2c3ccccc3n(-c3ccccc3)c2c1N(c1ccccc1)c1ccc2cc(-n3c4ccccc4c4c3ccc3c5ccccc5n(-c5ccccc5)c34)ccc2c1. The van der Waals surface area contributed by atoms with E-state index in [1.165, 1.54) is 87.4 Å². The third kappa shape index (κ3) is 5.28. The number of aromatic nitrogens is 3. The quantitative estimate of drug-likeness (QED) is 0.164. The lowest BCUT2D eigenvalue weighted by Crippen LogP contribution is -2.13. The van der Waals surface area contributed by atoms with Gasteiger partial charge in [-0.05, 0) is 108 Å². The molecule has 0 radical (unpaired) electrons. The molecule has 0 fully saturated rings. The number of benzene rings is 10. The van der Waals surface area contributed by atoms with Gasteiger partial charge in [-0.25, -0.2) is 0 Å². The molecule has 0 aliphatic rings. The minimum Gasteiger partial charge on any atom is -0.309 e. The van der Waals surface area contributed by atoms with E-state index in [0.29, 0.717) is 0 Å². The number of rotatable bonds is 6. The minimum absolute atomic E-state index is 1.11. The first-order valence-corrected chi connectivity index (χ1v) is 21.7. The van der Waals surface area contributed by atoms with E-state index in [1.54, 1.807) is 0 Å². The van der Waals surface area contributed by atoms with Gasteiger partial charge >= 0.3 is 0 Å². The summed E-state index contributed by atoms with van der Waals surface area (Å²) in [5.41, 5.74) is 15.2. The Labute approximate surface area is 364 Å². The average molecular weight is 805 g/mol. The Hall–Kier alpha value is -8.34. The van der Waals surface area contributed by atoms with Gasteiger partial charge in [-0.15, -0.1) is 0 Å². The number of anilines is 3. The maximum Gasteiger partial charge on any atom is 0.0785 e. The van der Waals surface area contributed by atoms with Crippen LogP contribution in [0, 0.1) is 6.92 Å². The highest BCUT2D eigenvalue weighted by molar-refractivity contribution is 6.26. The van der Waals surface area contributed by atoms with Gasteiger partial charge in [0.25, 0.3) is 0 Å². The van der Waals surface area contributed by atoms with Crippen molar-refractivity contribution in [2.75, 3.05) is 4.90 Å². The van der Waals surface area contributed by atoms with Gasteiger partial charge in [-0.1, -0.05) is 140 Å². The number of hydrogen-bond acceptors (Lipinski definition) is 1. The molecule has 0 aliphatic carbocycles. The molecule has 0 saturated heterocycles. The zero-order valence-electron chi connectivity index (χ0n) is 34.7. The average Bonchev–Trinajstić information content (AvgIpc) is 3.99. The van der Waals surface area contributed by atoms with Crippen LogP contribution in [0.15, 0.2) is 224 Å². The Bertz CT molecular complexity index is 3910. The molecule has 0 spiro atoms. The number of nitrogens with zero attached hydrogens (tertiary/aromatic N) is 4. The molecule has 3 aromatic heterocycles. The van der Waals surface area contributed by atoms with Crippen molar-refractivity contribution in [3.05, 3.63) is 230 Å². The fourth-order valence-electron chi connectivity index (χ4n) is 10.4. The summed E-state index contributed by atoms with van der Waals surface area (Å²) < 4.78 is 7.34. The molecule has 63 heavy (non-hydrogen) atoms. The maximum atomic E-state index is 2.45. The van der Waals surface area contributed by atoms with Gasteiger partial charge in [0.1, 0.15) is 0 Å². The highest BCUT2D eigenvalue weighted by Crippen LogP contribution is 2.46. The predicted molar refractivity (Wildman–Crippen MR) is 266 cm³/mol. The maximum absolute atomic E-state index is 2.45. The number of hydrogen-bond donors (Lipinski definition) is 0. The Morgan fingerprint density at radius 1 is 0.317 bits per heavy atom. The Morgan fingerprint density at radius 2 is 0.825 bits per heavy atom. The number of aryl methyl sites for hydroxylation is 1. The zero-order chi connectivity index (χ0) is 41.6. The van der Waals surface area contributed by atoms with Crippen LogP contribution in [0.5, 0.6) is 0 Å². The van der Waals surface area contributed by atoms with Crippen LogP contribution < -0.4 is 4.90 Å². The van der Waals surface area contributed by atoms with Crippen LogP contribution >= 0.6 is 0 Å². The summed E-state index contributed by atoms with van der Waals surface area (Å²) in [7, 11) is 0. The molecule has 4 heteroatoms. The lowest BCUT2D eigenvalue weighted by Gasteiger charge is -2.29. The van der Waals surface area contributed by atoms with Crippen LogP contribution in [0.3, 0.4) is 0 Å². The summed E-state index contributed by atoms with van der Waals surface area (Å²) in [6.07, 6.45) is 0. The molecule has 13 aromatic rings. The first kappa shape index (κ1) is 35.4. The molecule has 0 unspecified atom stereocenters. The van der Waals surface area contributed by atoms with Gasteiger partial charge in [-0.2, -0.15) is 0 Å². The fraction of sp³-hybridized carbons (Fsp3) is 0.0169. The second-order valence-corrected chi connectivity index (χ2v) is 16.6. The Morgan fingerprint density at radius 3 is 1.49 bits per heavy atom. The summed E-state index contributed by atoms with van der Waals surface area (Å²) >= 11 is 0. The van der Waals surface area contributed by atoms with Crippen LogP contribution in [-0.2, 0) is 0 Å². The van der Waals surface area contributed by atoms with E-state index in [1.807, 2.05) is 0 Å². The molecular weight excluding hydrogens is 765 g/mol. The van der Waals surface area contributed by atoms with Crippen molar-refractivity contribution in [2.45, 2.75) is 6.92 Å². The topological polar surface area (TPSA) is 18.0 Å². The van der Waals surface area contributed by atoms with E-state index < -0.39 is 0 Å². The molecule has 0 atom stereocenters. The van der Waals surface area contributed by atoms with Crippen LogP contribution in [0.4, 0.5) is 17.1 Å². The fourth-order valence-corrected chi connectivity index (χ4v) is 10.4. The largest absolute Gasteiger partial charge is 0.309 e. The molecule has 4 nitrogen and oxygen atoms in total. The van der Waals surface area contributed by atoms with Crippen molar-refractivity contribution in [3.8, 4) is 17.1 Å². The van der Waals surface area contributed by atoms with Crippen molar-refractivity contribution in [3.63, 3.8) is 0 Å². The summed E-state index contributed by atoms with van der Waals surface area (Å²) in [5.74, 6) is 0. The molecule has 0 bridgehead atoms. The van der Waals surface area contributed by atoms with Crippen LogP contribution in [0.25, 0.3) is 93.3 Å². The first-order chi connectivity index (χ1) is 31.2. The lowest BCUT2D eigenvalue weighted by atomic mass is 10.0. The third-order valence-electron chi connectivity index (χ3n) is 13.1. The molecule has 0 amide bonds. The van der Waals surface area contributed by atoms with Gasteiger partial charge < -0.3 is 18.6 Å². The summed E-state index contributed by atoms with van der Waals surface area (Å²) in [6, 6.07) is 81.9.